The summed E-state index contributed by atoms with van der Waals surface area (Å²) in [5.41, 5.74) is 1.53. The number of hydrogen-bond acceptors (Lipinski definition) is 5. The number of anilines is 1. The molecule has 0 saturated carbocycles. The summed E-state index contributed by atoms with van der Waals surface area (Å²) in [5.74, 6) is -0.387. The van der Waals surface area contributed by atoms with Crippen molar-refractivity contribution < 1.29 is 15.8 Å². The predicted octanol–water partition coefficient (Wildman–Crippen LogP) is 4.40. The van der Waals surface area contributed by atoms with Gasteiger partial charge in [0, 0.05) is 37.4 Å². The van der Waals surface area contributed by atoms with Crippen LogP contribution in [0.5, 0.6) is 0 Å². The van der Waals surface area contributed by atoms with Gasteiger partial charge in [-0.25, -0.2) is 4.79 Å². The second kappa shape index (κ2) is 7.68. The van der Waals surface area contributed by atoms with Crippen molar-refractivity contribution in [2.24, 2.45) is 5.92 Å². The minimum absolute atomic E-state index is 0. The van der Waals surface area contributed by atoms with Crippen LogP contribution in [-0.2, 0) is 11.3 Å². The number of carbonyl (C=O) groups is 2. The van der Waals surface area contributed by atoms with Crippen LogP contribution in [0.1, 0.15) is 53.5 Å². The fraction of sp³-hybridized carbons (Fsp3) is 0.474. The molecule has 142 valence electrons. The van der Waals surface area contributed by atoms with Crippen molar-refractivity contribution in [3.8, 4) is 11.1 Å². The number of ketones is 1. The van der Waals surface area contributed by atoms with Crippen molar-refractivity contribution in [3.63, 3.8) is 0 Å². The summed E-state index contributed by atoms with van der Waals surface area (Å²) in [5, 5.41) is 6.91. The molecule has 0 unspecified atom stereocenters. The lowest BCUT2D eigenvalue weighted by Crippen LogP contribution is -2.28. The smallest absolute Gasteiger partial charge is 0.412 e. The summed E-state index contributed by atoms with van der Waals surface area (Å²) in [6.45, 7) is 11.7. The van der Waals surface area contributed by atoms with E-state index < -0.39 is 11.7 Å². The Morgan fingerprint density at radius 1 is 1.27 bits per heavy atom. The molecule has 0 aliphatic heterocycles. The van der Waals surface area contributed by atoms with E-state index in [2.05, 4.69) is 15.4 Å². The lowest BCUT2D eigenvalue weighted by atomic mass is 10.0. The normalized spacial score (nSPS) is 11.5. The molecule has 0 spiro atoms. The van der Waals surface area contributed by atoms with Gasteiger partial charge in [0.2, 0.25) is 0 Å². The SMILES string of the molecule is CCn1cc(-c2cnc(C(=O)C(C)C)c(NC(=O)OC(C)(C)C)c2)cn1.[HH]. The number of hydrogen-bond donors (Lipinski definition) is 1. The van der Waals surface area contributed by atoms with E-state index in [0.717, 1.165) is 17.7 Å². The van der Waals surface area contributed by atoms with E-state index in [1.807, 2.05) is 13.1 Å². The number of nitrogens with one attached hydrogen (secondary N) is 1. The van der Waals surface area contributed by atoms with E-state index in [1.165, 1.54) is 0 Å². The Balaban J connectivity index is 0.00000364. The Kier molecular flexibility index (Phi) is 5.79. The zero-order valence-corrected chi connectivity index (χ0v) is 16.2. The Hall–Kier alpha value is -2.70. The summed E-state index contributed by atoms with van der Waals surface area (Å²) in [4.78, 5) is 28.9. The standard InChI is InChI=1S/C19H26N4O3.H2/c1-7-23-11-14(10-21-23)13-8-15(22-18(25)26-19(4,5)6)16(20-9-13)17(24)12(2)3;/h8-12H,7H2,1-6H3,(H,22,25);1H. The second-order valence-electron chi connectivity index (χ2n) is 7.35. The molecule has 7 nitrogen and oxygen atoms in total. The second-order valence-corrected chi connectivity index (χ2v) is 7.35. The predicted molar refractivity (Wildman–Crippen MR) is 102 cm³/mol. The molecule has 7 heteroatoms. The first kappa shape index (κ1) is 19.6. The number of amides is 1. The fourth-order valence-corrected chi connectivity index (χ4v) is 2.29. The molecule has 0 aromatic carbocycles. The third kappa shape index (κ3) is 4.91. The zero-order chi connectivity index (χ0) is 19.5. The maximum Gasteiger partial charge on any atom is 0.412 e. The molecule has 26 heavy (non-hydrogen) atoms. The van der Waals surface area contributed by atoms with Gasteiger partial charge in [-0.3, -0.25) is 19.8 Å². The zero-order valence-electron chi connectivity index (χ0n) is 16.2. The summed E-state index contributed by atoms with van der Waals surface area (Å²) in [7, 11) is 0. The molecule has 0 aliphatic rings. The van der Waals surface area contributed by atoms with Crippen molar-refractivity contribution in [3.05, 3.63) is 30.4 Å². The minimum Gasteiger partial charge on any atom is -0.444 e. The molecule has 0 saturated heterocycles. The van der Waals surface area contributed by atoms with Crippen LogP contribution in [-0.4, -0.2) is 32.2 Å². The Labute approximate surface area is 155 Å². The van der Waals surface area contributed by atoms with E-state index in [9.17, 15) is 9.59 Å². The summed E-state index contributed by atoms with van der Waals surface area (Å²) < 4.78 is 7.09. The highest BCUT2D eigenvalue weighted by Crippen LogP contribution is 2.26. The van der Waals surface area contributed by atoms with E-state index in [0.29, 0.717) is 5.69 Å². The molecular formula is C19H28N4O3. The number of carbonyl (C=O) groups excluding carboxylic acids is 2. The number of ether oxygens (including phenoxy) is 1. The first-order valence-electron chi connectivity index (χ1n) is 8.67. The van der Waals surface area contributed by atoms with Gasteiger partial charge in [-0.1, -0.05) is 13.8 Å². The Morgan fingerprint density at radius 3 is 2.50 bits per heavy atom. The van der Waals surface area contributed by atoms with Gasteiger partial charge in [0.05, 0.1) is 11.9 Å². The number of Topliss-reactive ketones (excluding diaryl/α,β-unsaturated/α-hetero) is 1. The average molecular weight is 360 g/mol. The molecule has 2 heterocycles. The minimum atomic E-state index is -0.639. The molecule has 1 amide bonds. The maximum absolute atomic E-state index is 12.5. The number of pyridine rings is 1. The summed E-state index contributed by atoms with van der Waals surface area (Å²) in [6, 6.07) is 1.73. The lowest BCUT2D eigenvalue weighted by molar-refractivity contribution is 0.0636. The Morgan fingerprint density at radius 2 is 1.96 bits per heavy atom. The van der Waals surface area contributed by atoms with E-state index in [1.54, 1.807) is 57.8 Å². The van der Waals surface area contributed by atoms with Gasteiger partial charge in [0.1, 0.15) is 11.3 Å². The van der Waals surface area contributed by atoms with E-state index >= 15 is 0 Å². The highest BCUT2D eigenvalue weighted by molar-refractivity contribution is 6.03. The molecular weight excluding hydrogens is 332 g/mol. The largest absolute Gasteiger partial charge is 0.444 e. The molecule has 0 aliphatic carbocycles. The van der Waals surface area contributed by atoms with Crippen LogP contribution in [0, 0.1) is 5.92 Å². The molecule has 2 aromatic rings. The number of aromatic nitrogens is 3. The van der Waals surface area contributed by atoms with Gasteiger partial charge >= 0.3 is 6.09 Å². The molecule has 0 bridgehead atoms. The molecule has 2 rings (SSSR count). The van der Waals surface area contributed by atoms with E-state index in [-0.39, 0.29) is 18.8 Å². The van der Waals surface area contributed by atoms with Crippen LogP contribution in [0.4, 0.5) is 10.5 Å². The van der Waals surface area contributed by atoms with Crippen LogP contribution in [0.15, 0.2) is 24.7 Å². The van der Waals surface area contributed by atoms with Crippen LogP contribution >= 0.6 is 0 Å². The van der Waals surface area contributed by atoms with Gasteiger partial charge < -0.3 is 4.74 Å². The topological polar surface area (TPSA) is 86.1 Å². The van der Waals surface area contributed by atoms with Crippen molar-refractivity contribution in [2.75, 3.05) is 5.32 Å². The number of aryl methyl sites for hydroxylation is 1. The van der Waals surface area contributed by atoms with Crippen molar-refractivity contribution in [1.29, 1.82) is 0 Å². The van der Waals surface area contributed by atoms with Crippen LogP contribution in [0.25, 0.3) is 11.1 Å². The molecule has 0 fully saturated rings. The van der Waals surface area contributed by atoms with Gasteiger partial charge in [-0.15, -0.1) is 0 Å². The molecule has 1 N–H and O–H groups in total. The number of nitrogens with zero attached hydrogens (tertiary/aromatic N) is 3. The quantitative estimate of drug-likeness (QED) is 0.799. The lowest BCUT2D eigenvalue weighted by Gasteiger charge is -2.20. The van der Waals surface area contributed by atoms with Gasteiger partial charge in [-0.05, 0) is 33.8 Å². The summed E-state index contributed by atoms with van der Waals surface area (Å²) in [6.07, 6.45) is 4.60. The molecule has 0 atom stereocenters. The van der Waals surface area contributed by atoms with Crippen LogP contribution < -0.4 is 5.32 Å². The Bertz CT molecular complexity index is 810. The monoisotopic (exact) mass is 360 g/mol. The van der Waals surface area contributed by atoms with Gasteiger partial charge in [0.25, 0.3) is 0 Å². The summed E-state index contributed by atoms with van der Waals surface area (Å²) >= 11 is 0. The third-order valence-electron chi connectivity index (χ3n) is 3.57. The fourth-order valence-electron chi connectivity index (χ4n) is 2.29. The highest BCUT2D eigenvalue weighted by atomic mass is 16.6. The number of rotatable bonds is 5. The van der Waals surface area contributed by atoms with Gasteiger partial charge in [0.15, 0.2) is 5.78 Å². The maximum atomic E-state index is 12.5. The van der Waals surface area contributed by atoms with E-state index in [4.69, 9.17) is 4.74 Å². The average Bonchev–Trinajstić information content (AvgIpc) is 3.01. The van der Waals surface area contributed by atoms with Crippen molar-refractivity contribution in [2.45, 2.75) is 53.7 Å². The van der Waals surface area contributed by atoms with Crippen LogP contribution in [0.2, 0.25) is 0 Å². The third-order valence-corrected chi connectivity index (χ3v) is 3.57. The van der Waals surface area contributed by atoms with Crippen molar-refractivity contribution >= 4 is 17.6 Å². The van der Waals surface area contributed by atoms with Crippen LogP contribution in [0.3, 0.4) is 0 Å². The highest BCUT2D eigenvalue weighted by Gasteiger charge is 2.22. The van der Waals surface area contributed by atoms with Gasteiger partial charge in [-0.2, -0.15) is 5.10 Å². The molecule has 2 aromatic heterocycles. The first-order chi connectivity index (χ1) is 12.1. The molecule has 0 radical (unpaired) electrons. The van der Waals surface area contributed by atoms with Crippen molar-refractivity contribution in [1.82, 2.24) is 14.8 Å². The first-order valence-corrected chi connectivity index (χ1v) is 8.67.